The number of hydrogen-bond donors (Lipinski definition) is 0. The lowest BCUT2D eigenvalue weighted by molar-refractivity contribution is -0.934. The van der Waals surface area contributed by atoms with Crippen LogP contribution in [0.1, 0.15) is 18.4 Å². The van der Waals surface area contributed by atoms with E-state index in [1.807, 2.05) is 0 Å². The van der Waals surface area contributed by atoms with E-state index in [1.54, 1.807) is 0 Å². The van der Waals surface area contributed by atoms with E-state index >= 15 is 0 Å². The van der Waals surface area contributed by atoms with E-state index in [9.17, 15) is 4.79 Å². The molecule has 0 radical (unpaired) electrons. The number of fused-ring (bicyclic) bond motifs is 3. The molecule has 0 atom stereocenters. The fourth-order valence-electron chi connectivity index (χ4n) is 4.69. The molecule has 4 aliphatic rings. The third-order valence-corrected chi connectivity index (χ3v) is 6.48. The van der Waals surface area contributed by atoms with Gasteiger partial charge in [-0.25, -0.2) is 0 Å². The second-order valence-corrected chi connectivity index (χ2v) is 8.03. The summed E-state index contributed by atoms with van der Waals surface area (Å²) in [6.45, 7) is 9.76. The third-order valence-electron chi connectivity index (χ3n) is 6.48. The Morgan fingerprint density at radius 2 is 1.58 bits per heavy atom. The van der Waals surface area contributed by atoms with Crippen LogP contribution in [0.2, 0.25) is 0 Å². The second kappa shape index (κ2) is 6.85. The first-order valence-corrected chi connectivity index (χ1v) is 9.62. The molecular weight excluding hydrogens is 298 g/mol. The summed E-state index contributed by atoms with van der Waals surface area (Å²) in [5.41, 5.74) is 1.44. The van der Waals surface area contributed by atoms with Crippen LogP contribution in [0.3, 0.4) is 0 Å². The average molecular weight is 328 g/mol. The summed E-state index contributed by atoms with van der Waals surface area (Å²) in [5, 5.41) is 0. The molecule has 4 saturated heterocycles. The minimum Gasteiger partial charge on any atom is -0.338 e. The number of amides is 1. The maximum absolute atomic E-state index is 12.8. The number of nitrogens with zero attached hydrogens (tertiary/aromatic N) is 3. The summed E-state index contributed by atoms with van der Waals surface area (Å²) < 4.78 is 1.05. The highest BCUT2D eigenvalue weighted by Crippen LogP contribution is 2.24. The minimum atomic E-state index is 0.406. The molecule has 4 heterocycles. The largest absolute Gasteiger partial charge is 0.338 e. The Bertz CT molecular complexity index is 544. The molecule has 4 aliphatic heterocycles. The summed E-state index contributed by atoms with van der Waals surface area (Å²) in [7, 11) is 0. The number of rotatable bonds is 4. The van der Waals surface area contributed by atoms with E-state index in [-0.39, 0.29) is 0 Å². The highest BCUT2D eigenvalue weighted by Gasteiger charge is 2.41. The lowest BCUT2D eigenvalue weighted by atomic mass is 9.90. The predicted molar refractivity (Wildman–Crippen MR) is 95.6 cm³/mol. The number of carbonyl (C=O) groups is 1. The van der Waals surface area contributed by atoms with Crippen LogP contribution in [0.15, 0.2) is 30.3 Å². The molecule has 0 aromatic heterocycles. The number of carbonyl (C=O) groups excluding carboxylic acids is 1. The number of piperazine rings is 3. The van der Waals surface area contributed by atoms with Gasteiger partial charge in [-0.05, 0) is 30.7 Å². The minimum absolute atomic E-state index is 0.406. The normalized spacial score (nSPS) is 30.5. The van der Waals surface area contributed by atoms with Crippen molar-refractivity contribution in [3.05, 3.63) is 35.9 Å². The Hall–Kier alpha value is -1.39. The van der Waals surface area contributed by atoms with Crippen molar-refractivity contribution < 1.29 is 9.28 Å². The van der Waals surface area contributed by atoms with Crippen molar-refractivity contribution in [1.82, 2.24) is 9.80 Å². The molecule has 130 valence electrons. The molecule has 1 aromatic carbocycles. The van der Waals surface area contributed by atoms with Crippen molar-refractivity contribution >= 4 is 5.91 Å². The summed E-state index contributed by atoms with van der Waals surface area (Å²) in [5.74, 6) is 1.14. The summed E-state index contributed by atoms with van der Waals surface area (Å²) in [6, 6.07) is 10.8. The molecule has 0 saturated carbocycles. The van der Waals surface area contributed by atoms with Gasteiger partial charge in [0.05, 0.1) is 19.6 Å². The van der Waals surface area contributed by atoms with E-state index in [4.69, 9.17) is 0 Å². The second-order valence-electron chi connectivity index (χ2n) is 8.03. The molecule has 0 unspecified atom stereocenters. The fourth-order valence-corrected chi connectivity index (χ4v) is 4.69. The predicted octanol–water partition coefficient (Wildman–Crippen LogP) is 1.61. The van der Waals surface area contributed by atoms with Crippen molar-refractivity contribution in [2.24, 2.45) is 5.92 Å². The molecule has 0 N–H and O–H groups in total. The van der Waals surface area contributed by atoms with Gasteiger partial charge in [-0.1, -0.05) is 30.3 Å². The van der Waals surface area contributed by atoms with Gasteiger partial charge in [0.25, 0.3) is 5.91 Å². The molecule has 5 rings (SSSR count). The van der Waals surface area contributed by atoms with Gasteiger partial charge in [0, 0.05) is 32.7 Å². The van der Waals surface area contributed by atoms with E-state index in [0.29, 0.717) is 5.91 Å². The van der Waals surface area contributed by atoms with Gasteiger partial charge in [-0.3, -0.25) is 9.69 Å². The van der Waals surface area contributed by atoms with Gasteiger partial charge in [-0.2, -0.15) is 0 Å². The Kier molecular flexibility index (Phi) is 4.59. The topological polar surface area (TPSA) is 23.6 Å². The molecule has 4 nitrogen and oxygen atoms in total. The SMILES string of the molecule is O=C(C[N+]12CCN(CC1)CC2)N1CCC(Cc2ccccc2)CC1. The zero-order chi connectivity index (χ0) is 16.4. The maximum Gasteiger partial charge on any atom is 0.277 e. The summed E-state index contributed by atoms with van der Waals surface area (Å²) in [6.07, 6.45) is 3.49. The maximum atomic E-state index is 12.8. The Labute approximate surface area is 145 Å². The van der Waals surface area contributed by atoms with Crippen LogP contribution in [0.5, 0.6) is 0 Å². The van der Waals surface area contributed by atoms with E-state index in [1.165, 1.54) is 51.3 Å². The Morgan fingerprint density at radius 3 is 2.21 bits per heavy atom. The Morgan fingerprint density at radius 1 is 0.958 bits per heavy atom. The first-order valence-electron chi connectivity index (χ1n) is 9.62. The molecule has 4 fully saturated rings. The number of benzene rings is 1. The highest BCUT2D eigenvalue weighted by molar-refractivity contribution is 5.77. The highest BCUT2D eigenvalue weighted by atomic mass is 16.2. The summed E-state index contributed by atoms with van der Waals surface area (Å²) in [4.78, 5) is 17.5. The molecular formula is C20H30N3O+. The first kappa shape index (κ1) is 16.1. The number of likely N-dealkylation sites (tertiary alicyclic amines) is 1. The van der Waals surface area contributed by atoms with Gasteiger partial charge < -0.3 is 9.38 Å². The van der Waals surface area contributed by atoms with E-state index in [2.05, 4.69) is 40.1 Å². The van der Waals surface area contributed by atoms with Gasteiger partial charge in [0.2, 0.25) is 0 Å². The van der Waals surface area contributed by atoms with Crippen molar-refractivity contribution in [2.75, 3.05) is 58.9 Å². The number of piperidine rings is 1. The smallest absolute Gasteiger partial charge is 0.277 e. The van der Waals surface area contributed by atoms with Crippen LogP contribution in [-0.4, -0.2) is 79.1 Å². The van der Waals surface area contributed by atoms with Crippen LogP contribution >= 0.6 is 0 Å². The van der Waals surface area contributed by atoms with E-state index in [0.717, 1.165) is 42.9 Å². The standard InChI is InChI=1S/C20H30N3O/c24-20(17-23-13-10-21(11-14-23)12-15-23)22-8-6-19(7-9-22)16-18-4-2-1-3-5-18/h1-5,19H,6-17H2/q+1. The van der Waals surface area contributed by atoms with Crippen LogP contribution < -0.4 is 0 Å². The molecule has 4 heteroatoms. The van der Waals surface area contributed by atoms with E-state index < -0.39 is 0 Å². The van der Waals surface area contributed by atoms with Crippen LogP contribution in [0.4, 0.5) is 0 Å². The zero-order valence-electron chi connectivity index (χ0n) is 14.7. The lowest BCUT2D eigenvalue weighted by Gasteiger charge is -2.50. The van der Waals surface area contributed by atoms with Crippen LogP contribution in [0, 0.1) is 5.92 Å². The number of quaternary nitrogens is 1. The zero-order valence-corrected chi connectivity index (χ0v) is 14.7. The summed E-state index contributed by atoms with van der Waals surface area (Å²) >= 11 is 0. The monoisotopic (exact) mass is 328 g/mol. The van der Waals surface area contributed by atoms with Gasteiger partial charge >= 0.3 is 0 Å². The van der Waals surface area contributed by atoms with Gasteiger partial charge in [-0.15, -0.1) is 0 Å². The lowest BCUT2D eigenvalue weighted by Crippen LogP contribution is -2.69. The number of hydrogen-bond acceptors (Lipinski definition) is 2. The fraction of sp³-hybridized carbons (Fsp3) is 0.650. The average Bonchev–Trinajstić information content (AvgIpc) is 2.64. The van der Waals surface area contributed by atoms with Crippen LogP contribution in [0.25, 0.3) is 0 Å². The molecule has 24 heavy (non-hydrogen) atoms. The molecule has 1 aromatic rings. The first-order chi connectivity index (χ1) is 11.7. The van der Waals surface area contributed by atoms with Gasteiger partial charge in [0.15, 0.2) is 6.54 Å². The Balaban J connectivity index is 1.27. The van der Waals surface area contributed by atoms with Crippen molar-refractivity contribution in [3.8, 4) is 0 Å². The van der Waals surface area contributed by atoms with Crippen molar-refractivity contribution in [1.29, 1.82) is 0 Å². The quantitative estimate of drug-likeness (QED) is 0.784. The van der Waals surface area contributed by atoms with Crippen molar-refractivity contribution in [3.63, 3.8) is 0 Å². The molecule has 0 spiro atoms. The van der Waals surface area contributed by atoms with Crippen LogP contribution in [-0.2, 0) is 11.2 Å². The van der Waals surface area contributed by atoms with Gasteiger partial charge in [0.1, 0.15) is 0 Å². The molecule has 2 bridgehead atoms. The molecule has 0 aliphatic carbocycles. The van der Waals surface area contributed by atoms with Crippen molar-refractivity contribution in [2.45, 2.75) is 19.3 Å². The molecule has 1 amide bonds. The third kappa shape index (κ3) is 3.50.